The Labute approximate surface area is 120 Å². The van der Waals surface area contributed by atoms with Crippen LogP contribution in [0.4, 0.5) is 0 Å². The number of nitrogens with zero attached hydrogens (tertiary/aromatic N) is 3. The molecule has 1 atom stereocenters. The minimum atomic E-state index is -3.46. The number of benzene rings is 1. The average Bonchev–Trinajstić information content (AvgIpc) is 2.89. The van der Waals surface area contributed by atoms with Crippen LogP contribution in [0.2, 0.25) is 0 Å². The summed E-state index contributed by atoms with van der Waals surface area (Å²) in [5.74, 6) is 0. The Balaban J connectivity index is 2.28. The topological polar surface area (TPSA) is 64.4 Å². The maximum atomic E-state index is 12.6. The molecule has 108 valence electrons. The first-order chi connectivity index (χ1) is 9.36. The summed E-state index contributed by atoms with van der Waals surface area (Å²) in [5, 5.41) is 8.90. The highest BCUT2D eigenvalue weighted by atomic mass is 32.2. The fourth-order valence-corrected chi connectivity index (χ4v) is 4.00. The maximum Gasteiger partial charge on any atom is 0.243 e. The summed E-state index contributed by atoms with van der Waals surface area (Å²) in [7, 11) is 0.474. The molecular weight excluding hydrogens is 274 g/mol. The molecule has 0 spiro atoms. The van der Waals surface area contributed by atoms with E-state index in [0.717, 1.165) is 6.42 Å². The van der Waals surface area contributed by atoms with Crippen LogP contribution in [-0.2, 0) is 10.0 Å². The lowest BCUT2D eigenvalue weighted by Crippen LogP contribution is -2.34. The van der Waals surface area contributed by atoms with Gasteiger partial charge in [0.25, 0.3) is 0 Å². The number of hydrogen-bond donors (Lipinski definition) is 0. The standard InChI is InChI=1S/C14H19N3O2S/c1-11-8-14(5-4-12(11)9-15)20(18,19)17-7-6-13(10-17)16(2)3/h4-5,8,13H,6-7,10H2,1-3H3. The Kier molecular flexibility index (Phi) is 4.14. The van der Waals surface area contributed by atoms with E-state index >= 15 is 0 Å². The number of aryl methyl sites for hydroxylation is 1. The first-order valence-corrected chi connectivity index (χ1v) is 7.97. The lowest BCUT2D eigenvalue weighted by atomic mass is 10.1. The number of hydrogen-bond acceptors (Lipinski definition) is 4. The number of nitriles is 1. The second-order valence-electron chi connectivity index (χ2n) is 5.36. The van der Waals surface area contributed by atoms with Gasteiger partial charge in [-0.15, -0.1) is 0 Å². The molecule has 2 rings (SSSR count). The van der Waals surface area contributed by atoms with Crippen LogP contribution in [0.25, 0.3) is 0 Å². The second-order valence-corrected chi connectivity index (χ2v) is 7.30. The van der Waals surface area contributed by atoms with Gasteiger partial charge in [0, 0.05) is 19.1 Å². The molecule has 1 heterocycles. The molecule has 20 heavy (non-hydrogen) atoms. The lowest BCUT2D eigenvalue weighted by Gasteiger charge is -2.20. The molecule has 1 aliphatic rings. The first kappa shape index (κ1) is 15.0. The van der Waals surface area contributed by atoms with Crippen molar-refractivity contribution in [1.82, 2.24) is 9.21 Å². The van der Waals surface area contributed by atoms with E-state index < -0.39 is 10.0 Å². The quantitative estimate of drug-likeness (QED) is 0.840. The normalized spacial score (nSPS) is 20.2. The summed E-state index contributed by atoms with van der Waals surface area (Å²) < 4.78 is 26.7. The molecule has 5 nitrogen and oxygen atoms in total. The number of likely N-dealkylation sites (N-methyl/N-ethyl adjacent to an activating group) is 1. The van der Waals surface area contributed by atoms with Gasteiger partial charge in [-0.2, -0.15) is 9.57 Å². The van der Waals surface area contributed by atoms with Crippen LogP contribution in [0.5, 0.6) is 0 Å². The van der Waals surface area contributed by atoms with Gasteiger partial charge in [0.2, 0.25) is 10.0 Å². The third-order valence-corrected chi connectivity index (χ3v) is 5.67. The molecule has 1 unspecified atom stereocenters. The van der Waals surface area contributed by atoms with E-state index in [1.807, 2.05) is 14.1 Å². The van der Waals surface area contributed by atoms with Gasteiger partial charge >= 0.3 is 0 Å². The summed E-state index contributed by atoms with van der Waals surface area (Å²) in [5.41, 5.74) is 1.20. The van der Waals surface area contributed by atoms with E-state index in [0.29, 0.717) is 24.2 Å². The van der Waals surface area contributed by atoms with Gasteiger partial charge in [-0.05, 0) is 51.2 Å². The molecule has 0 saturated carbocycles. The van der Waals surface area contributed by atoms with E-state index in [9.17, 15) is 8.42 Å². The Morgan fingerprint density at radius 1 is 1.40 bits per heavy atom. The summed E-state index contributed by atoms with van der Waals surface area (Å²) >= 11 is 0. The van der Waals surface area contributed by atoms with Gasteiger partial charge in [0.05, 0.1) is 16.5 Å². The second kappa shape index (κ2) is 5.52. The molecule has 0 aromatic heterocycles. The average molecular weight is 293 g/mol. The van der Waals surface area contributed by atoms with Crippen molar-refractivity contribution in [2.24, 2.45) is 0 Å². The molecule has 1 aromatic rings. The Hall–Kier alpha value is -1.42. The molecule has 1 aromatic carbocycles. The van der Waals surface area contributed by atoms with Crippen molar-refractivity contribution < 1.29 is 8.42 Å². The number of sulfonamides is 1. The van der Waals surface area contributed by atoms with Gasteiger partial charge in [0.1, 0.15) is 0 Å². The Morgan fingerprint density at radius 2 is 2.10 bits per heavy atom. The minimum Gasteiger partial charge on any atom is -0.305 e. The minimum absolute atomic E-state index is 0.268. The summed E-state index contributed by atoms with van der Waals surface area (Å²) in [6, 6.07) is 6.99. The predicted octanol–water partition coefficient (Wildman–Crippen LogP) is 1.19. The summed E-state index contributed by atoms with van der Waals surface area (Å²) in [4.78, 5) is 2.33. The summed E-state index contributed by atoms with van der Waals surface area (Å²) in [6.45, 7) is 2.82. The molecule has 0 radical (unpaired) electrons. The SMILES string of the molecule is Cc1cc(S(=O)(=O)N2CCC(N(C)C)C2)ccc1C#N. The van der Waals surface area contributed by atoms with Gasteiger partial charge in [-0.25, -0.2) is 8.42 Å². The molecule has 1 saturated heterocycles. The molecule has 0 aliphatic carbocycles. The fraction of sp³-hybridized carbons (Fsp3) is 0.500. The van der Waals surface area contributed by atoms with E-state index in [-0.39, 0.29) is 10.9 Å². The van der Waals surface area contributed by atoms with Gasteiger partial charge in [0.15, 0.2) is 0 Å². The molecule has 0 bridgehead atoms. The predicted molar refractivity (Wildman–Crippen MR) is 76.7 cm³/mol. The third kappa shape index (κ3) is 2.70. The van der Waals surface area contributed by atoms with Gasteiger partial charge in [-0.1, -0.05) is 0 Å². The maximum absolute atomic E-state index is 12.6. The van der Waals surface area contributed by atoms with Crippen LogP contribution < -0.4 is 0 Å². The molecular formula is C14H19N3O2S. The van der Waals surface area contributed by atoms with Crippen molar-refractivity contribution in [3.05, 3.63) is 29.3 Å². The van der Waals surface area contributed by atoms with Crippen LogP contribution in [0.15, 0.2) is 23.1 Å². The van der Waals surface area contributed by atoms with Crippen LogP contribution in [0, 0.1) is 18.3 Å². The van der Waals surface area contributed by atoms with E-state index in [4.69, 9.17) is 5.26 Å². The molecule has 6 heteroatoms. The highest BCUT2D eigenvalue weighted by molar-refractivity contribution is 7.89. The van der Waals surface area contributed by atoms with Crippen LogP contribution in [-0.4, -0.2) is 50.8 Å². The highest BCUT2D eigenvalue weighted by Gasteiger charge is 2.33. The van der Waals surface area contributed by atoms with Crippen molar-refractivity contribution in [2.45, 2.75) is 24.3 Å². The van der Waals surface area contributed by atoms with Crippen molar-refractivity contribution in [2.75, 3.05) is 27.2 Å². The lowest BCUT2D eigenvalue weighted by molar-refractivity contribution is 0.302. The Morgan fingerprint density at radius 3 is 2.60 bits per heavy atom. The van der Waals surface area contributed by atoms with Crippen LogP contribution in [0.3, 0.4) is 0 Å². The largest absolute Gasteiger partial charge is 0.305 e. The van der Waals surface area contributed by atoms with E-state index in [1.165, 1.54) is 10.4 Å². The van der Waals surface area contributed by atoms with E-state index in [2.05, 4.69) is 11.0 Å². The smallest absolute Gasteiger partial charge is 0.243 e. The van der Waals surface area contributed by atoms with Crippen LogP contribution >= 0.6 is 0 Å². The Bertz CT molecular complexity index is 647. The highest BCUT2D eigenvalue weighted by Crippen LogP contribution is 2.24. The van der Waals surface area contributed by atoms with Crippen molar-refractivity contribution in [1.29, 1.82) is 5.26 Å². The van der Waals surface area contributed by atoms with Gasteiger partial charge in [-0.3, -0.25) is 0 Å². The van der Waals surface area contributed by atoms with Crippen molar-refractivity contribution >= 4 is 10.0 Å². The number of rotatable bonds is 3. The zero-order valence-electron chi connectivity index (χ0n) is 12.0. The molecule has 1 fully saturated rings. The molecule has 1 aliphatic heterocycles. The fourth-order valence-electron chi connectivity index (χ4n) is 2.42. The third-order valence-electron chi connectivity index (χ3n) is 3.81. The zero-order valence-corrected chi connectivity index (χ0v) is 12.8. The van der Waals surface area contributed by atoms with Crippen LogP contribution in [0.1, 0.15) is 17.5 Å². The molecule has 0 N–H and O–H groups in total. The first-order valence-electron chi connectivity index (χ1n) is 6.53. The summed E-state index contributed by atoms with van der Waals surface area (Å²) in [6.07, 6.45) is 0.849. The van der Waals surface area contributed by atoms with Gasteiger partial charge < -0.3 is 4.90 Å². The van der Waals surface area contributed by atoms with E-state index in [1.54, 1.807) is 19.1 Å². The van der Waals surface area contributed by atoms with Crippen molar-refractivity contribution in [3.8, 4) is 6.07 Å². The monoisotopic (exact) mass is 293 g/mol. The molecule has 0 amide bonds. The zero-order chi connectivity index (χ0) is 14.9. The van der Waals surface area contributed by atoms with Crippen molar-refractivity contribution in [3.63, 3.8) is 0 Å².